The van der Waals surface area contributed by atoms with Crippen LogP contribution in [0.25, 0.3) is 0 Å². The number of nitrogens with zero attached hydrogens (tertiary/aromatic N) is 4. The maximum absolute atomic E-state index is 5.99. The van der Waals surface area contributed by atoms with Gasteiger partial charge in [-0.1, -0.05) is 23.7 Å². The summed E-state index contributed by atoms with van der Waals surface area (Å²) in [5.41, 5.74) is 0.692. The summed E-state index contributed by atoms with van der Waals surface area (Å²) in [6.45, 7) is 0. The third-order valence-corrected chi connectivity index (χ3v) is 2.71. The van der Waals surface area contributed by atoms with Crippen LogP contribution < -0.4 is 0 Å². The first-order valence-corrected chi connectivity index (χ1v) is 5.34. The molecule has 0 amide bonds. The molecule has 0 saturated carbocycles. The Morgan fingerprint density at radius 3 is 2.38 bits per heavy atom. The van der Waals surface area contributed by atoms with Gasteiger partial charge in [0, 0.05) is 26.5 Å². The molecule has 1 aromatic carbocycles. The zero-order valence-electron chi connectivity index (χ0n) is 9.21. The number of benzene rings is 1. The number of hydrogen-bond donors (Lipinski definition) is 0. The lowest BCUT2D eigenvalue weighted by Gasteiger charge is -2.21. The van der Waals surface area contributed by atoms with Gasteiger partial charge in [-0.3, -0.25) is 0 Å². The van der Waals surface area contributed by atoms with Gasteiger partial charge in [0.05, 0.1) is 5.02 Å². The maximum Gasteiger partial charge on any atom is 0.217 e. The van der Waals surface area contributed by atoms with E-state index in [9.17, 15) is 0 Å². The van der Waals surface area contributed by atoms with Crippen molar-refractivity contribution in [1.29, 1.82) is 0 Å². The zero-order chi connectivity index (χ0) is 11.5. The Kier molecular flexibility index (Phi) is 3.10. The molecule has 4 nitrogen and oxygen atoms in total. The molecule has 16 heavy (non-hydrogen) atoms. The second-order valence-corrected chi connectivity index (χ2v) is 4.05. The third kappa shape index (κ3) is 2.17. The molecule has 0 N–H and O–H groups in total. The van der Waals surface area contributed by atoms with Crippen LogP contribution in [0.5, 0.6) is 0 Å². The molecule has 0 saturated heterocycles. The second-order valence-electron chi connectivity index (χ2n) is 3.64. The van der Waals surface area contributed by atoms with Gasteiger partial charge in [0.1, 0.15) is 5.69 Å². The summed E-state index contributed by atoms with van der Waals surface area (Å²) in [6.07, 6.45) is 3.82. The Bertz CT molecular complexity index is 418. The molecule has 0 bridgehead atoms. The normalized spacial score (nSPS) is 16.7. The summed E-state index contributed by atoms with van der Waals surface area (Å²) in [4.78, 5) is 3.95. The predicted molar refractivity (Wildman–Crippen MR) is 64.4 cm³/mol. The fraction of sp³-hybridized carbons (Fsp3) is 0.273. The van der Waals surface area contributed by atoms with Crippen molar-refractivity contribution in [3.63, 3.8) is 0 Å². The Hall–Kier alpha value is -1.55. The van der Waals surface area contributed by atoms with Crippen molar-refractivity contribution in [1.82, 2.24) is 9.80 Å². The summed E-state index contributed by atoms with van der Waals surface area (Å²) in [7, 11) is 3.91. The highest BCUT2D eigenvalue weighted by atomic mass is 35.5. The van der Waals surface area contributed by atoms with E-state index < -0.39 is 0 Å². The SMILES string of the molecule is CN1C=CN(C)C1/N=N/c1ccccc1Cl. The molecule has 1 heterocycles. The topological polar surface area (TPSA) is 31.2 Å². The van der Waals surface area contributed by atoms with E-state index in [1.807, 2.05) is 54.5 Å². The largest absolute Gasteiger partial charge is 0.340 e. The van der Waals surface area contributed by atoms with Gasteiger partial charge in [-0.05, 0) is 12.1 Å². The van der Waals surface area contributed by atoms with E-state index in [0.29, 0.717) is 10.7 Å². The molecule has 0 fully saturated rings. The van der Waals surface area contributed by atoms with Crippen LogP contribution in [-0.4, -0.2) is 30.2 Å². The minimum absolute atomic E-state index is 0.0868. The predicted octanol–water partition coefficient (Wildman–Crippen LogP) is 3.06. The number of hydrogen-bond acceptors (Lipinski definition) is 4. The molecule has 5 heteroatoms. The maximum atomic E-state index is 5.99. The lowest BCUT2D eigenvalue weighted by Crippen LogP contribution is -2.31. The first kappa shape index (κ1) is 11.0. The first-order chi connectivity index (χ1) is 7.68. The highest BCUT2D eigenvalue weighted by Crippen LogP contribution is 2.25. The van der Waals surface area contributed by atoms with Crippen molar-refractivity contribution in [2.24, 2.45) is 10.2 Å². The Morgan fingerprint density at radius 2 is 1.75 bits per heavy atom. The standard InChI is InChI=1S/C11H13ClN4/c1-15-7-8-16(2)11(15)14-13-10-6-4-3-5-9(10)12/h3-8,11H,1-2H3/b14-13+. The Morgan fingerprint density at radius 1 is 1.12 bits per heavy atom. The lowest BCUT2D eigenvalue weighted by atomic mass is 10.3. The highest BCUT2D eigenvalue weighted by Gasteiger charge is 2.19. The lowest BCUT2D eigenvalue weighted by molar-refractivity contribution is 0.206. The fourth-order valence-electron chi connectivity index (χ4n) is 1.46. The van der Waals surface area contributed by atoms with Crippen molar-refractivity contribution in [2.75, 3.05) is 14.1 Å². The Balaban J connectivity index is 2.13. The molecule has 0 spiro atoms. The van der Waals surface area contributed by atoms with Crippen molar-refractivity contribution in [3.05, 3.63) is 41.7 Å². The number of halogens is 1. The summed E-state index contributed by atoms with van der Waals surface area (Å²) in [5.74, 6) is 0. The van der Waals surface area contributed by atoms with E-state index in [2.05, 4.69) is 10.2 Å². The van der Waals surface area contributed by atoms with E-state index >= 15 is 0 Å². The molecular formula is C11H13ClN4. The van der Waals surface area contributed by atoms with Crippen LogP contribution in [0.4, 0.5) is 5.69 Å². The van der Waals surface area contributed by atoms with Crippen LogP contribution in [0.3, 0.4) is 0 Å². The van der Waals surface area contributed by atoms with E-state index in [0.717, 1.165) is 0 Å². The molecule has 0 atom stereocenters. The average molecular weight is 237 g/mol. The van der Waals surface area contributed by atoms with Crippen molar-refractivity contribution >= 4 is 17.3 Å². The first-order valence-electron chi connectivity index (χ1n) is 4.96. The van der Waals surface area contributed by atoms with Crippen LogP contribution in [0.1, 0.15) is 0 Å². The third-order valence-electron chi connectivity index (χ3n) is 2.39. The van der Waals surface area contributed by atoms with Crippen LogP contribution in [0.15, 0.2) is 46.9 Å². The summed E-state index contributed by atoms with van der Waals surface area (Å²) in [5, 5.41) is 9.02. The van der Waals surface area contributed by atoms with Gasteiger partial charge in [-0.25, -0.2) is 0 Å². The molecule has 1 aromatic rings. The summed E-state index contributed by atoms with van der Waals surface area (Å²) in [6, 6.07) is 7.40. The molecule has 1 aliphatic rings. The highest BCUT2D eigenvalue weighted by molar-refractivity contribution is 6.32. The molecule has 0 radical (unpaired) electrons. The molecule has 1 aliphatic heterocycles. The van der Waals surface area contributed by atoms with Gasteiger partial charge < -0.3 is 9.80 Å². The van der Waals surface area contributed by atoms with Gasteiger partial charge in [-0.15, -0.1) is 5.11 Å². The van der Waals surface area contributed by atoms with Gasteiger partial charge in [0.2, 0.25) is 6.29 Å². The smallest absolute Gasteiger partial charge is 0.217 e. The van der Waals surface area contributed by atoms with Crippen LogP contribution >= 0.6 is 11.6 Å². The summed E-state index contributed by atoms with van der Waals surface area (Å²) >= 11 is 5.99. The summed E-state index contributed by atoms with van der Waals surface area (Å²) < 4.78 is 0. The minimum Gasteiger partial charge on any atom is -0.340 e. The molecule has 0 aromatic heterocycles. The molecular weight excluding hydrogens is 224 g/mol. The van der Waals surface area contributed by atoms with E-state index in [-0.39, 0.29) is 6.29 Å². The monoisotopic (exact) mass is 236 g/mol. The van der Waals surface area contributed by atoms with E-state index in [1.165, 1.54) is 0 Å². The average Bonchev–Trinajstić information content (AvgIpc) is 2.58. The van der Waals surface area contributed by atoms with Crippen molar-refractivity contribution in [3.8, 4) is 0 Å². The zero-order valence-corrected chi connectivity index (χ0v) is 9.96. The van der Waals surface area contributed by atoms with Gasteiger partial charge in [0.15, 0.2) is 0 Å². The number of azo groups is 1. The van der Waals surface area contributed by atoms with Crippen LogP contribution in [0, 0.1) is 0 Å². The fourth-order valence-corrected chi connectivity index (χ4v) is 1.63. The van der Waals surface area contributed by atoms with E-state index in [1.54, 1.807) is 6.07 Å². The van der Waals surface area contributed by atoms with Gasteiger partial charge >= 0.3 is 0 Å². The quantitative estimate of drug-likeness (QED) is 0.739. The van der Waals surface area contributed by atoms with Gasteiger partial charge in [0.25, 0.3) is 0 Å². The second kappa shape index (κ2) is 4.53. The molecule has 84 valence electrons. The Labute approximate surface area is 99.8 Å². The number of rotatable bonds is 2. The van der Waals surface area contributed by atoms with Crippen molar-refractivity contribution < 1.29 is 0 Å². The van der Waals surface area contributed by atoms with E-state index in [4.69, 9.17) is 11.6 Å². The van der Waals surface area contributed by atoms with Crippen LogP contribution in [0.2, 0.25) is 5.02 Å². The molecule has 2 rings (SSSR count). The van der Waals surface area contributed by atoms with Crippen molar-refractivity contribution in [2.45, 2.75) is 6.29 Å². The molecule has 0 unspecified atom stereocenters. The van der Waals surface area contributed by atoms with Gasteiger partial charge in [-0.2, -0.15) is 5.11 Å². The minimum atomic E-state index is -0.0868. The molecule has 0 aliphatic carbocycles. The van der Waals surface area contributed by atoms with Crippen LogP contribution in [-0.2, 0) is 0 Å².